The molecule has 0 saturated carbocycles. The lowest BCUT2D eigenvalue weighted by atomic mass is 10.1. The Bertz CT molecular complexity index is 251. The first-order valence-electron chi connectivity index (χ1n) is 4.75. The molecule has 0 saturated heterocycles. The molecule has 0 aromatic heterocycles. The molecule has 0 spiro atoms. The molecule has 5 nitrogen and oxygen atoms in total. The minimum Gasteiger partial charge on any atom is -0.480 e. The van der Waals surface area contributed by atoms with Gasteiger partial charge in [-0.1, -0.05) is 19.9 Å². The number of hydrogen-bond acceptors (Lipinski definition) is 2. The second-order valence-corrected chi connectivity index (χ2v) is 3.68. The molecule has 0 aliphatic carbocycles. The Kier molecular flexibility index (Phi) is 5.44. The number of aliphatic carboxylic acids is 1. The summed E-state index contributed by atoms with van der Waals surface area (Å²) in [7, 11) is 1.58. The van der Waals surface area contributed by atoms with Crippen molar-refractivity contribution in [1.29, 1.82) is 0 Å². The Labute approximate surface area is 89.8 Å². The number of amides is 2. The van der Waals surface area contributed by atoms with E-state index in [0.717, 1.165) is 0 Å². The number of nitrogens with zero attached hydrogens (tertiary/aromatic N) is 1. The van der Waals surface area contributed by atoms with E-state index in [4.69, 9.17) is 5.11 Å². The molecule has 86 valence electrons. The highest BCUT2D eigenvalue weighted by Gasteiger charge is 2.24. The molecule has 2 N–H and O–H groups in total. The topological polar surface area (TPSA) is 69.6 Å². The molecule has 0 aromatic rings. The van der Waals surface area contributed by atoms with Crippen LogP contribution in [0.15, 0.2) is 12.7 Å². The normalized spacial score (nSPS) is 12.0. The number of carbonyl (C=O) groups is 2. The standard InChI is InChI=1S/C10H18N2O3/c1-5-6-12(4)10(15)11-8(7(2)3)9(13)14/h5,7-8H,1,6H2,2-4H3,(H,11,15)(H,13,14). The summed E-state index contributed by atoms with van der Waals surface area (Å²) in [6.45, 7) is 7.36. The minimum absolute atomic E-state index is 0.149. The number of nitrogens with one attached hydrogen (secondary N) is 1. The SMILES string of the molecule is C=CCN(C)C(=O)NC(C(=O)O)C(C)C. The van der Waals surface area contributed by atoms with Crippen LogP contribution in [-0.2, 0) is 4.79 Å². The van der Waals surface area contributed by atoms with Crippen LogP contribution in [0.2, 0.25) is 0 Å². The van der Waals surface area contributed by atoms with Gasteiger partial charge in [0.05, 0.1) is 0 Å². The summed E-state index contributed by atoms with van der Waals surface area (Å²) in [5.74, 6) is -1.17. The van der Waals surface area contributed by atoms with Crippen LogP contribution in [0.3, 0.4) is 0 Å². The maximum atomic E-state index is 11.5. The molecule has 1 atom stereocenters. The zero-order chi connectivity index (χ0) is 12.0. The Morgan fingerprint density at radius 3 is 2.40 bits per heavy atom. The molecule has 0 fully saturated rings. The van der Waals surface area contributed by atoms with Crippen LogP contribution < -0.4 is 5.32 Å². The van der Waals surface area contributed by atoms with Gasteiger partial charge < -0.3 is 15.3 Å². The lowest BCUT2D eigenvalue weighted by Crippen LogP contribution is -2.49. The lowest BCUT2D eigenvalue weighted by molar-refractivity contribution is -0.140. The number of hydrogen-bond donors (Lipinski definition) is 2. The summed E-state index contributed by atoms with van der Waals surface area (Å²) in [5.41, 5.74) is 0. The molecular formula is C10H18N2O3. The zero-order valence-corrected chi connectivity index (χ0v) is 9.36. The average molecular weight is 214 g/mol. The van der Waals surface area contributed by atoms with Gasteiger partial charge in [-0.3, -0.25) is 0 Å². The van der Waals surface area contributed by atoms with Crippen molar-refractivity contribution in [3.63, 3.8) is 0 Å². The Hall–Kier alpha value is -1.52. The maximum Gasteiger partial charge on any atom is 0.326 e. The van der Waals surface area contributed by atoms with Gasteiger partial charge in [-0.15, -0.1) is 6.58 Å². The molecule has 0 aliphatic rings. The van der Waals surface area contributed by atoms with Gasteiger partial charge in [0.1, 0.15) is 6.04 Å². The summed E-state index contributed by atoms with van der Waals surface area (Å²) >= 11 is 0. The van der Waals surface area contributed by atoms with Crippen molar-refractivity contribution in [3.05, 3.63) is 12.7 Å². The molecule has 5 heteroatoms. The highest BCUT2D eigenvalue weighted by atomic mass is 16.4. The van der Waals surface area contributed by atoms with E-state index in [-0.39, 0.29) is 5.92 Å². The van der Waals surface area contributed by atoms with Gasteiger partial charge in [0.25, 0.3) is 0 Å². The van der Waals surface area contributed by atoms with Gasteiger partial charge in [-0.2, -0.15) is 0 Å². The highest BCUT2D eigenvalue weighted by molar-refractivity contribution is 5.82. The van der Waals surface area contributed by atoms with Crippen molar-refractivity contribution in [2.75, 3.05) is 13.6 Å². The maximum absolute atomic E-state index is 11.5. The minimum atomic E-state index is -1.02. The number of carboxylic acids is 1. The van der Waals surface area contributed by atoms with Gasteiger partial charge in [0.15, 0.2) is 0 Å². The van der Waals surface area contributed by atoms with Crippen molar-refractivity contribution < 1.29 is 14.7 Å². The van der Waals surface area contributed by atoms with Crippen LogP contribution >= 0.6 is 0 Å². The second-order valence-electron chi connectivity index (χ2n) is 3.68. The number of rotatable bonds is 5. The van der Waals surface area contributed by atoms with E-state index in [9.17, 15) is 9.59 Å². The molecular weight excluding hydrogens is 196 g/mol. The van der Waals surface area contributed by atoms with Crippen LogP contribution in [0.1, 0.15) is 13.8 Å². The highest BCUT2D eigenvalue weighted by Crippen LogP contribution is 2.02. The van der Waals surface area contributed by atoms with E-state index in [2.05, 4.69) is 11.9 Å². The number of likely N-dealkylation sites (N-methyl/N-ethyl adjacent to an activating group) is 1. The zero-order valence-electron chi connectivity index (χ0n) is 9.36. The van der Waals surface area contributed by atoms with Crippen LogP contribution in [-0.4, -0.2) is 41.6 Å². The summed E-state index contributed by atoms with van der Waals surface area (Å²) in [6.07, 6.45) is 1.57. The molecule has 15 heavy (non-hydrogen) atoms. The first-order chi connectivity index (χ1) is 6.90. The third kappa shape index (κ3) is 4.49. The summed E-state index contributed by atoms with van der Waals surface area (Å²) in [6, 6.07) is -1.26. The Balaban J connectivity index is 4.35. The van der Waals surface area contributed by atoms with Crippen molar-refractivity contribution in [2.24, 2.45) is 5.92 Å². The fraction of sp³-hybridized carbons (Fsp3) is 0.600. The molecule has 2 amide bonds. The van der Waals surface area contributed by atoms with Gasteiger partial charge >= 0.3 is 12.0 Å². The van der Waals surface area contributed by atoms with E-state index < -0.39 is 18.0 Å². The average Bonchev–Trinajstić information content (AvgIpc) is 2.12. The van der Waals surface area contributed by atoms with Crippen LogP contribution in [0.25, 0.3) is 0 Å². The molecule has 0 heterocycles. The van der Waals surface area contributed by atoms with E-state index in [1.807, 2.05) is 0 Å². The van der Waals surface area contributed by atoms with Crippen LogP contribution in [0.5, 0.6) is 0 Å². The van der Waals surface area contributed by atoms with Crippen molar-refractivity contribution in [1.82, 2.24) is 10.2 Å². The van der Waals surface area contributed by atoms with Gasteiger partial charge in [-0.25, -0.2) is 9.59 Å². The Morgan fingerprint density at radius 1 is 1.53 bits per heavy atom. The predicted molar refractivity (Wildman–Crippen MR) is 57.6 cm³/mol. The third-order valence-corrected chi connectivity index (χ3v) is 1.96. The van der Waals surface area contributed by atoms with Crippen molar-refractivity contribution in [3.8, 4) is 0 Å². The lowest BCUT2D eigenvalue weighted by Gasteiger charge is -2.22. The molecule has 0 aliphatic heterocycles. The first kappa shape index (κ1) is 13.5. The predicted octanol–water partition coefficient (Wildman–Crippen LogP) is 0.923. The molecule has 0 bridgehead atoms. The van der Waals surface area contributed by atoms with Crippen molar-refractivity contribution >= 4 is 12.0 Å². The van der Waals surface area contributed by atoms with Gasteiger partial charge in [-0.05, 0) is 5.92 Å². The van der Waals surface area contributed by atoms with E-state index in [1.54, 1.807) is 27.0 Å². The molecule has 1 unspecified atom stereocenters. The third-order valence-electron chi connectivity index (χ3n) is 1.96. The monoisotopic (exact) mass is 214 g/mol. The fourth-order valence-corrected chi connectivity index (χ4v) is 1.03. The number of urea groups is 1. The fourth-order valence-electron chi connectivity index (χ4n) is 1.03. The summed E-state index contributed by atoms with van der Waals surface area (Å²) in [5, 5.41) is 11.3. The van der Waals surface area contributed by atoms with E-state index in [1.165, 1.54) is 4.90 Å². The van der Waals surface area contributed by atoms with Crippen LogP contribution in [0, 0.1) is 5.92 Å². The quantitative estimate of drug-likeness (QED) is 0.669. The van der Waals surface area contributed by atoms with Crippen molar-refractivity contribution in [2.45, 2.75) is 19.9 Å². The second kappa shape index (κ2) is 6.06. The summed E-state index contributed by atoms with van der Waals surface area (Å²) < 4.78 is 0. The first-order valence-corrected chi connectivity index (χ1v) is 4.75. The van der Waals surface area contributed by atoms with Gasteiger partial charge in [0.2, 0.25) is 0 Å². The van der Waals surface area contributed by atoms with E-state index in [0.29, 0.717) is 6.54 Å². The molecule has 0 rings (SSSR count). The van der Waals surface area contributed by atoms with Crippen LogP contribution in [0.4, 0.5) is 4.79 Å². The number of carboxylic acid groups (broad SMARTS) is 1. The molecule has 0 aromatic carbocycles. The number of carbonyl (C=O) groups excluding carboxylic acids is 1. The largest absolute Gasteiger partial charge is 0.480 e. The smallest absolute Gasteiger partial charge is 0.326 e. The van der Waals surface area contributed by atoms with Gasteiger partial charge in [0, 0.05) is 13.6 Å². The Morgan fingerprint density at radius 2 is 2.07 bits per heavy atom. The molecule has 0 radical (unpaired) electrons. The van der Waals surface area contributed by atoms with E-state index >= 15 is 0 Å². The summed E-state index contributed by atoms with van der Waals surface area (Å²) in [4.78, 5) is 23.6.